The molecule has 3 aromatic rings. The summed E-state index contributed by atoms with van der Waals surface area (Å²) in [7, 11) is 0. The van der Waals surface area contributed by atoms with Crippen molar-refractivity contribution in [3.05, 3.63) is 75.5 Å². The molecule has 1 amide bonds. The molecular weight excluding hydrogens is 390 g/mol. The summed E-state index contributed by atoms with van der Waals surface area (Å²) in [6, 6.07) is 16.1. The van der Waals surface area contributed by atoms with Crippen LogP contribution in [0.3, 0.4) is 0 Å². The molecule has 0 bridgehead atoms. The summed E-state index contributed by atoms with van der Waals surface area (Å²) in [5.74, 6) is 0.0225. The first-order chi connectivity index (χ1) is 12.4. The number of aromatic nitrogens is 2. The smallest absolute Gasteiger partial charge is 0.224 e. The molecule has 1 N–H and O–H groups in total. The summed E-state index contributed by atoms with van der Waals surface area (Å²) >= 11 is 3.47. The van der Waals surface area contributed by atoms with Gasteiger partial charge in [-0.3, -0.25) is 4.79 Å². The van der Waals surface area contributed by atoms with Crippen LogP contribution in [0.5, 0.6) is 0 Å². The van der Waals surface area contributed by atoms with Crippen molar-refractivity contribution in [3.8, 4) is 5.69 Å². The van der Waals surface area contributed by atoms with Crippen molar-refractivity contribution < 1.29 is 4.79 Å². The van der Waals surface area contributed by atoms with Crippen LogP contribution in [-0.4, -0.2) is 15.7 Å². The van der Waals surface area contributed by atoms with Crippen LogP contribution in [0.25, 0.3) is 5.69 Å². The van der Waals surface area contributed by atoms with Gasteiger partial charge in [0.15, 0.2) is 0 Å². The van der Waals surface area contributed by atoms with E-state index in [4.69, 9.17) is 0 Å². The fourth-order valence-electron chi connectivity index (χ4n) is 2.90. The van der Waals surface area contributed by atoms with Crippen molar-refractivity contribution in [2.24, 2.45) is 0 Å². The lowest BCUT2D eigenvalue weighted by atomic mass is 10.1. The number of nitrogens with one attached hydrogen (secondary N) is 1. The summed E-state index contributed by atoms with van der Waals surface area (Å²) in [5.41, 5.74) is 6.22. The molecule has 0 saturated heterocycles. The van der Waals surface area contributed by atoms with E-state index in [-0.39, 0.29) is 5.91 Å². The number of aryl methyl sites for hydroxylation is 4. The Hall–Kier alpha value is -2.40. The first-order valence-electron chi connectivity index (χ1n) is 8.61. The second-order valence-corrected chi connectivity index (χ2v) is 7.37. The fourth-order valence-corrected chi connectivity index (χ4v) is 3.14. The van der Waals surface area contributed by atoms with Crippen LogP contribution in [0.15, 0.2) is 53.0 Å². The average molecular weight is 412 g/mol. The van der Waals surface area contributed by atoms with Crippen molar-refractivity contribution >= 4 is 27.5 Å². The molecule has 1 aromatic heterocycles. The molecule has 0 aliphatic carbocycles. The van der Waals surface area contributed by atoms with Gasteiger partial charge in [0.1, 0.15) is 0 Å². The molecule has 0 saturated carbocycles. The molecule has 2 aromatic carbocycles. The third-order valence-electron chi connectivity index (χ3n) is 4.27. The van der Waals surface area contributed by atoms with Crippen LogP contribution in [0, 0.1) is 20.8 Å². The molecule has 5 heteroatoms. The zero-order valence-electron chi connectivity index (χ0n) is 15.2. The lowest BCUT2D eigenvalue weighted by Crippen LogP contribution is -2.12. The highest BCUT2D eigenvalue weighted by Crippen LogP contribution is 2.20. The first kappa shape index (κ1) is 18.4. The predicted molar refractivity (Wildman–Crippen MR) is 109 cm³/mol. The topological polar surface area (TPSA) is 46.9 Å². The highest BCUT2D eigenvalue weighted by Gasteiger charge is 2.06. The van der Waals surface area contributed by atoms with Gasteiger partial charge in [-0.2, -0.15) is 5.10 Å². The van der Waals surface area contributed by atoms with E-state index in [1.54, 1.807) is 0 Å². The third-order valence-corrected chi connectivity index (χ3v) is 5.16. The van der Waals surface area contributed by atoms with Gasteiger partial charge in [-0.05, 0) is 74.7 Å². The molecule has 0 aliphatic rings. The number of benzene rings is 2. The van der Waals surface area contributed by atoms with Gasteiger partial charge in [-0.1, -0.05) is 28.1 Å². The van der Waals surface area contributed by atoms with Crippen LogP contribution in [0.4, 0.5) is 5.69 Å². The van der Waals surface area contributed by atoms with Gasteiger partial charge < -0.3 is 5.32 Å². The maximum absolute atomic E-state index is 12.2. The highest BCUT2D eigenvalue weighted by molar-refractivity contribution is 9.10. The molecular formula is C21H22BrN3O. The zero-order valence-corrected chi connectivity index (χ0v) is 16.8. The second-order valence-electron chi connectivity index (χ2n) is 6.52. The maximum atomic E-state index is 12.2. The summed E-state index contributed by atoms with van der Waals surface area (Å²) in [6.07, 6.45) is 1.16. The first-order valence-corrected chi connectivity index (χ1v) is 9.40. The van der Waals surface area contributed by atoms with Gasteiger partial charge >= 0.3 is 0 Å². The van der Waals surface area contributed by atoms with Crippen molar-refractivity contribution in [2.75, 3.05) is 5.32 Å². The van der Waals surface area contributed by atoms with Crippen molar-refractivity contribution in [1.82, 2.24) is 9.78 Å². The number of halogens is 1. The number of hydrogen-bond donors (Lipinski definition) is 1. The molecule has 1 heterocycles. The minimum absolute atomic E-state index is 0.0225. The van der Waals surface area contributed by atoms with Crippen molar-refractivity contribution in [2.45, 2.75) is 33.6 Å². The van der Waals surface area contributed by atoms with Gasteiger partial charge in [0, 0.05) is 22.3 Å². The standard InChI is InChI=1S/C21H22BrN3O/c1-14-12-18(7-10-20(14)22)23-21(26)11-6-17-4-8-19(9-5-17)25-16(3)13-15(2)24-25/h4-5,7-10,12-13H,6,11H2,1-3H3,(H,23,26). The number of nitrogens with zero attached hydrogens (tertiary/aromatic N) is 2. The molecule has 0 unspecified atom stereocenters. The molecule has 0 atom stereocenters. The van der Waals surface area contributed by atoms with Gasteiger partial charge in [0.25, 0.3) is 0 Å². The molecule has 3 rings (SSSR count). The Morgan fingerprint density at radius 3 is 2.42 bits per heavy atom. The van der Waals surface area contributed by atoms with Gasteiger partial charge in [-0.15, -0.1) is 0 Å². The van der Waals surface area contributed by atoms with E-state index in [0.29, 0.717) is 12.8 Å². The Labute approximate surface area is 162 Å². The van der Waals surface area contributed by atoms with E-state index in [9.17, 15) is 4.79 Å². The normalized spacial score (nSPS) is 10.8. The van der Waals surface area contributed by atoms with E-state index in [0.717, 1.165) is 38.4 Å². The molecule has 134 valence electrons. The van der Waals surface area contributed by atoms with Crippen LogP contribution in [0.1, 0.15) is 28.9 Å². The zero-order chi connectivity index (χ0) is 18.7. The van der Waals surface area contributed by atoms with E-state index >= 15 is 0 Å². The third kappa shape index (κ3) is 4.41. The molecule has 0 radical (unpaired) electrons. The lowest BCUT2D eigenvalue weighted by molar-refractivity contribution is -0.116. The summed E-state index contributed by atoms with van der Waals surface area (Å²) in [5, 5.41) is 7.45. The van der Waals surface area contributed by atoms with Crippen LogP contribution >= 0.6 is 15.9 Å². The average Bonchev–Trinajstić information content (AvgIpc) is 2.95. The molecule has 4 nitrogen and oxygen atoms in total. The molecule has 0 aliphatic heterocycles. The highest BCUT2D eigenvalue weighted by atomic mass is 79.9. The van der Waals surface area contributed by atoms with E-state index in [1.165, 1.54) is 0 Å². The van der Waals surface area contributed by atoms with E-state index in [1.807, 2.05) is 55.8 Å². The Bertz CT molecular complexity index is 929. The number of hydrogen-bond acceptors (Lipinski definition) is 2. The Balaban J connectivity index is 1.58. The van der Waals surface area contributed by atoms with Gasteiger partial charge in [0.2, 0.25) is 5.91 Å². The summed E-state index contributed by atoms with van der Waals surface area (Å²) < 4.78 is 2.97. The summed E-state index contributed by atoms with van der Waals surface area (Å²) in [4.78, 5) is 12.2. The number of amides is 1. The fraction of sp³-hybridized carbons (Fsp3) is 0.238. The monoisotopic (exact) mass is 411 g/mol. The number of anilines is 1. The lowest BCUT2D eigenvalue weighted by Gasteiger charge is -2.08. The van der Waals surface area contributed by atoms with Crippen molar-refractivity contribution in [1.29, 1.82) is 0 Å². The van der Waals surface area contributed by atoms with E-state index in [2.05, 4.69) is 44.5 Å². The Morgan fingerprint density at radius 1 is 1.08 bits per heavy atom. The van der Waals surface area contributed by atoms with E-state index < -0.39 is 0 Å². The predicted octanol–water partition coefficient (Wildman–Crippen LogP) is 5.13. The molecule has 26 heavy (non-hydrogen) atoms. The molecule has 0 fully saturated rings. The van der Waals surface area contributed by atoms with Crippen LogP contribution in [0.2, 0.25) is 0 Å². The second kappa shape index (κ2) is 7.87. The number of rotatable bonds is 5. The van der Waals surface area contributed by atoms with Crippen LogP contribution in [-0.2, 0) is 11.2 Å². The minimum atomic E-state index is 0.0225. The number of carbonyl (C=O) groups excluding carboxylic acids is 1. The minimum Gasteiger partial charge on any atom is -0.326 e. The largest absolute Gasteiger partial charge is 0.326 e. The van der Waals surface area contributed by atoms with Crippen LogP contribution < -0.4 is 5.32 Å². The van der Waals surface area contributed by atoms with Gasteiger partial charge in [-0.25, -0.2) is 4.68 Å². The van der Waals surface area contributed by atoms with Crippen molar-refractivity contribution in [3.63, 3.8) is 0 Å². The molecule has 0 spiro atoms. The Morgan fingerprint density at radius 2 is 1.81 bits per heavy atom. The maximum Gasteiger partial charge on any atom is 0.224 e. The van der Waals surface area contributed by atoms with Gasteiger partial charge in [0.05, 0.1) is 11.4 Å². The number of carbonyl (C=O) groups is 1. The summed E-state index contributed by atoms with van der Waals surface area (Å²) in [6.45, 7) is 6.04. The SMILES string of the molecule is Cc1cc(C)n(-c2ccc(CCC(=O)Nc3ccc(Br)c(C)c3)cc2)n1. The Kier molecular flexibility index (Phi) is 5.57. The quantitative estimate of drug-likeness (QED) is 0.632.